The van der Waals surface area contributed by atoms with Crippen LogP contribution in [0.15, 0.2) is 29.2 Å². The summed E-state index contributed by atoms with van der Waals surface area (Å²) in [6, 6.07) is 6.58. The molecule has 1 aliphatic rings. The van der Waals surface area contributed by atoms with Gasteiger partial charge in [0.25, 0.3) is 0 Å². The molecule has 2 rings (SSSR count). The van der Waals surface area contributed by atoms with E-state index < -0.39 is 10.0 Å². The smallest absolute Gasteiger partial charge is 0.243 e. The van der Waals surface area contributed by atoms with Crippen molar-refractivity contribution in [3.05, 3.63) is 29.8 Å². The summed E-state index contributed by atoms with van der Waals surface area (Å²) in [6.45, 7) is 7.65. The van der Waals surface area contributed by atoms with E-state index in [1.54, 1.807) is 24.3 Å². The maximum absolute atomic E-state index is 12.5. The van der Waals surface area contributed by atoms with Gasteiger partial charge in [-0.25, -0.2) is 8.42 Å². The molecule has 1 aliphatic carbocycles. The Balaban J connectivity index is 1.92. The minimum atomic E-state index is -3.45. The zero-order chi connectivity index (χ0) is 18.4. The van der Waals surface area contributed by atoms with E-state index in [-0.39, 0.29) is 16.8 Å². The second-order valence-electron chi connectivity index (χ2n) is 6.52. The molecule has 1 unspecified atom stereocenters. The van der Waals surface area contributed by atoms with Crippen LogP contribution in [-0.4, -0.2) is 44.8 Å². The molecule has 7 heteroatoms. The average Bonchev–Trinajstić information content (AvgIpc) is 3.40. The van der Waals surface area contributed by atoms with Crippen molar-refractivity contribution < 1.29 is 13.2 Å². The fourth-order valence-electron chi connectivity index (χ4n) is 2.73. The number of carbonyl (C=O) groups excluding carboxylic acids is 1. The van der Waals surface area contributed by atoms with Crippen molar-refractivity contribution in [3.63, 3.8) is 0 Å². The summed E-state index contributed by atoms with van der Waals surface area (Å²) < 4.78 is 26.4. The third-order valence-corrected chi connectivity index (χ3v) is 6.58. The van der Waals surface area contributed by atoms with Crippen LogP contribution in [0.25, 0.3) is 0 Å². The van der Waals surface area contributed by atoms with Gasteiger partial charge in [0.2, 0.25) is 15.9 Å². The molecule has 0 bridgehead atoms. The quantitative estimate of drug-likeness (QED) is 0.662. The maximum atomic E-state index is 12.5. The van der Waals surface area contributed by atoms with Gasteiger partial charge in [-0.15, -0.1) is 0 Å². The maximum Gasteiger partial charge on any atom is 0.243 e. The number of carbonyl (C=O) groups is 1. The zero-order valence-electron chi connectivity index (χ0n) is 15.3. The van der Waals surface area contributed by atoms with Crippen LogP contribution in [0.4, 0.5) is 0 Å². The second-order valence-corrected chi connectivity index (χ2v) is 8.46. The molecule has 2 N–H and O–H groups in total. The predicted octanol–water partition coefficient (Wildman–Crippen LogP) is 1.89. The van der Waals surface area contributed by atoms with E-state index in [0.29, 0.717) is 19.6 Å². The molecule has 1 fully saturated rings. The lowest BCUT2D eigenvalue weighted by Gasteiger charge is -2.19. The first-order valence-electron chi connectivity index (χ1n) is 8.98. The lowest BCUT2D eigenvalue weighted by Crippen LogP contribution is -2.36. The Morgan fingerprint density at radius 2 is 1.80 bits per heavy atom. The summed E-state index contributed by atoms with van der Waals surface area (Å²) in [5.41, 5.74) is 0.883. The topological polar surface area (TPSA) is 78.5 Å². The summed E-state index contributed by atoms with van der Waals surface area (Å²) in [5.74, 6) is 0.693. The Kier molecular flexibility index (Phi) is 6.98. The lowest BCUT2D eigenvalue weighted by molar-refractivity contribution is -0.120. The van der Waals surface area contributed by atoms with Crippen molar-refractivity contribution in [2.75, 3.05) is 26.2 Å². The highest BCUT2D eigenvalue weighted by molar-refractivity contribution is 7.89. The second kappa shape index (κ2) is 8.78. The molecule has 1 amide bonds. The van der Waals surface area contributed by atoms with E-state index in [4.69, 9.17) is 0 Å². The number of benzene rings is 1. The molecule has 0 aliphatic heterocycles. The standard InChI is InChI=1S/C18H29N3O3S/c1-4-21(5-2)25(23,24)17-10-8-16(9-11-17)14(3)20-18(22)13-19-12-15-6-7-15/h8-11,14-15,19H,4-7,12-13H2,1-3H3,(H,20,22). The molecule has 0 saturated heterocycles. The number of hydrogen-bond acceptors (Lipinski definition) is 4. The van der Waals surface area contributed by atoms with Crippen LogP contribution in [0.2, 0.25) is 0 Å². The molecule has 0 aromatic heterocycles. The fourth-order valence-corrected chi connectivity index (χ4v) is 4.19. The van der Waals surface area contributed by atoms with Gasteiger partial charge in [0.1, 0.15) is 0 Å². The van der Waals surface area contributed by atoms with Crippen molar-refractivity contribution in [1.82, 2.24) is 14.9 Å². The summed E-state index contributed by atoms with van der Waals surface area (Å²) in [6.07, 6.45) is 2.52. The third kappa shape index (κ3) is 5.52. The van der Waals surface area contributed by atoms with Crippen molar-refractivity contribution in [3.8, 4) is 0 Å². The Bertz CT molecular complexity index is 665. The van der Waals surface area contributed by atoms with Crippen LogP contribution in [0, 0.1) is 5.92 Å². The van der Waals surface area contributed by atoms with E-state index in [1.807, 2.05) is 20.8 Å². The summed E-state index contributed by atoms with van der Waals surface area (Å²) in [4.78, 5) is 12.2. The molecular formula is C18H29N3O3S. The summed E-state index contributed by atoms with van der Waals surface area (Å²) in [7, 11) is -3.45. The molecule has 140 valence electrons. The van der Waals surface area contributed by atoms with Crippen molar-refractivity contribution in [2.45, 2.75) is 44.6 Å². The number of hydrogen-bond donors (Lipinski definition) is 2. The molecule has 6 nitrogen and oxygen atoms in total. The zero-order valence-corrected chi connectivity index (χ0v) is 16.1. The Morgan fingerprint density at radius 1 is 1.20 bits per heavy atom. The Hall–Kier alpha value is -1.44. The van der Waals surface area contributed by atoms with E-state index in [2.05, 4.69) is 10.6 Å². The van der Waals surface area contributed by atoms with Crippen LogP contribution >= 0.6 is 0 Å². The highest BCUT2D eigenvalue weighted by Crippen LogP contribution is 2.27. The first-order chi connectivity index (χ1) is 11.9. The highest BCUT2D eigenvalue weighted by Gasteiger charge is 2.22. The molecule has 1 aromatic carbocycles. The van der Waals surface area contributed by atoms with Crippen LogP contribution in [-0.2, 0) is 14.8 Å². The number of nitrogens with zero attached hydrogens (tertiary/aromatic N) is 1. The van der Waals surface area contributed by atoms with Crippen LogP contribution < -0.4 is 10.6 Å². The van der Waals surface area contributed by atoms with Crippen LogP contribution in [0.3, 0.4) is 0 Å². The normalized spacial score (nSPS) is 16.0. The van der Waals surface area contributed by atoms with E-state index in [0.717, 1.165) is 18.0 Å². The highest BCUT2D eigenvalue weighted by atomic mass is 32.2. The van der Waals surface area contributed by atoms with E-state index in [9.17, 15) is 13.2 Å². The lowest BCUT2D eigenvalue weighted by atomic mass is 10.1. The molecule has 0 heterocycles. The van der Waals surface area contributed by atoms with Gasteiger partial charge < -0.3 is 10.6 Å². The number of amides is 1. The van der Waals surface area contributed by atoms with Gasteiger partial charge in [-0.05, 0) is 49.9 Å². The van der Waals surface area contributed by atoms with Gasteiger partial charge in [-0.1, -0.05) is 26.0 Å². The molecule has 0 spiro atoms. The number of sulfonamides is 1. The monoisotopic (exact) mass is 367 g/mol. The Morgan fingerprint density at radius 3 is 2.32 bits per heavy atom. The number of rotatable bonds is 10. The van der Waals surface area contributed by atoms with E-state index in [1.165, 1.54) is 17.1 Å². The molecule has 1 aromatic rings. The first-order valence-corrected chi connectivity index (χ1v) is 10.4. The van der Waals surface area contributed by atoms with Gasteiger partial charge in [0, 0.05) is 13.1 Å². The van der Waals surface area contributed by atoms with Gasteiger partial charge in [-0.2, -0.15) is 4.31 Å². The summed E-state index contributed by atoms with van der Waals surface area (Å²) in [5, 5.41) is 6.09. The van der Waals surface area contributed by atoms with Gasteiger partial charge in [0.05, 0.1) is 17.5 Å². The molecule has 25 heavy (non-hydrogen) atoms. The minimum absolute atomic E-state index is 0.0482. The van der Waals surface area contributed by atoms with Crippen molar-refractivity contribution in [2.24, 2.45) is 5.92 Å². The van der Waals surface area contributed by atoms with Crippen molar-refractivity contribution >= 4 is 15.9 Å². The average molecular weight is 368 g/mol. The molecule has 0 radical (unpaired) electrons. The largest absolute Gasteiger partial charge is 0.348 e. The SMILES string of the molecule is CCN(CC)S(=O)(=O)c1ccc(C(C)NC(=O)CNCC2CC2)cc1. The molecular weight excluding hydrogens is 338 g/mol. The van der Waals surface area contributed by atoms with Gasteiger partial charge in [0.15, 0.2) is 0 Å². The van der Waals surface area contributed by atoms with Crippen LogP contribution in [0.1, 0.15) is 45.2 Å². The van der Waals surface area contributed by atoms with Gasteiger partial charge in [-0.3, -0.25) is 4.79 Å². The van der Waals surface area contributed by atoms with E-state index >= 15 is 0 Å². The summed E-state index contributed by atoms with van der Waals surface area (Å²) >= 11 is 0. The minimum Gasteiger partial charge on any atom is -0.348 e. The van der Waals surface area contributed by atoms with Crippen LogP contribution in [0.5, 0.6) is 0 Å². The predicted molar refractivity (Wildman–Crippen MR) is 98.7 cm³/mol. The third-order valence-electron chi connectivity index (χ3n) is 4.52. The fraction of sp³-hybridized carbons (Fsp3) is 0.611. The van der Waals surface area contributed by atoms with Gasteiger partial charge >= 0.3 is 0 Å². The molecule has 1 saturated carbocycles. The number of nitrogens with one attached hydrogen (secondary N) is 2. The Labute approximate surface area is 151 Å². The first kappa shape index (κ1) is 19.9. The molecule has 1 atom stereocenters. The van der Waals surface area contributed by atoms with Crippen molar-refractivity contribution in [1.29, 1.82) is 0 Å².